The van der Waals surface area contributed by atoms with Crippen LogP contribution in [0.1, 0.15) is 48.5 Å². The van der Waals surface area contributed by atoms with Crippen molar-refractivity contribution in [2.45, 2.75) is 32.6 Å². The third kappa shape index (κ3) is 5.18. The number of benzene rings is 1. The van der Waals surface area contributed by atoms with Gasteiger partial charge in [-0.25, -0.2) is 9.29 Å². The van der Waals surface area contributed by atoms with Gasteiger partial charge >= 0.3 is 10.2 Å². The van der Waals surface area contributed by atoms with E-state index in [1.165, 1.54) is 26.4 Å². The first-order valence-electron chi connectivity index (χ1n) is 11.6. The number of aliphatic hydroxyl groups is 1. The van der Waals surface area contributed by atoms with E-state index in [9.17, 15) is 18.3 Å². The lowest BCUT2D eigenvalue weighted by atomic mass is 9.90. The maximum Gasteiger partial charge on any atom is 0.304 e. The van der Waals surface area contributed by atoms with E-state index in [1.807, 2.05) is 32.0 Å². The lowest BCUT2D eigenvalue weighted by molar-refractivity contribution is 0.0910. The molecule has 0 spiro atoms. The van der Waals surface area contributed by atoms with Gasteiger partial charge in [-0.05, 0) is 30.4 Å². The molecule has 4 rings (SSSR count). The molecular weight excluding hydrogens is 456 g/mol. The Labute approximate surface area is 200 Å². The van der Waals surface area contributed by atoms with Gasteiger partial charge in [-0.3, -0.25) is 4.79 Å². The van der Waals surface area contributed by atoms with Crippen molar-refractivity contribution >= 4 is 21.8 Å². The first-order valence-corrected chi connectivity index (χ1v) is 13.0. The maximum absolute atomic E-state index is 13.6. The zero-order valence-corrected chi connectivity index (χ0v) is 20.4. The van der Waals surface area contributed by atoms with Gasteiger partial charge < -0.3 is 15.2 Å². The van der Waals surface area contributed by atoms with Gasteiger partial charge in [0.1, 0.15) is 12.3 Å². The molecule has 2 N–H and O–H groups in total. The van der Waals surface area contributed by atoms with Crippen molar-refractivity contribution in [3.8, 4) is 5.88 Å². The Bertz CT molecular complexity index is 1120. The second-order valence-corrected chi connectivity index (χ2v) is 11.4. The van der Waals surface area contributed by atoms with Crippen LogP contribution < -0.4 is 14.4 Å². The molecule has 0 aliphatic carbocycles. The molecule has 2 aliphatic heterocycles. The van der Waals surface area contributed by atoms with Crippen molar-refractivity contribution in [1.29, 1.82) is 0 Å². The van der Waals surface area contributed by atoms with Crippen LogP contribution in [0.25, 0.3) is 0 Å². The third-order valence-electron chi connectivity index (χ3n) is 6.38. The minimum absolute atomic E-state index is 0.0729. The number of pyridine rings is 1. The number of fused-ring (bicyclic) bond motifs is 1. The van der Waals surface area contributed by atoms with Gasteiger partial charge in [-0.15, -0.1) is 0 Å². The standard InChI is InChI=1S/C24H32N4O5S/c1-24(2,17-29)16-26-22(30)20-14-21-23(25-15-20)33-13-12-28(21)34(31,32)27-10-8-19(9-11-27)18-6-4-3-5-7-18/h3-7,14-15,19,29H,8-13,16-17H2,1-2H3,(H,26,30). The number of aromatic nitrogens is 1. The van der Waals surface area contributed by atoms with E-state index in [2.05, 4.69) is 22.4 Å². The number of carbonyl (C=O) groups is 1. The molecule has 1 fully saturated rings. The molecule has 34 heavy (non-hydrogen) atoms. The fraction of sp³-hybridized carbons (Fsp3) is 0.500. The summed E-state index contributed by atoms with van der Waals surface area (Å²) in [6.07, 6.45) is 2.88. The number of amides is 1. The number of aliphatic hydroxyl groups excluding tert-OH is 1. The van der Waals surface area contributed by atoms with E-state index >= 15 is 0 Å². The summed E-state index contributed by atoms with van der Waals surface area (Å²) in [5.41, 5.74) is 1.27. The molecule has 2 aromatic rings. The van der Waals surface area contributed by atoms with Gasteiger partial charge in [0, 0.05) is 37.9 Å². The second-order valence-electron chi connectivity index (χ2n) is 9.57. The number of rotatable bonds is 7. The zero-order valence-electron chi connectivity index (χ0n) is 19.6. The molecule has 9 nitrogen and oxygen atoms in total. The van der Waals surface area contributed by atoms with E-state index in [4.69, 9.17) is 4.74 Å². The number of hydrogen-bond acceptors (Lipinski definition) is 6. The summed E-state index contributed by atoms with van der Waals surface area (Å²) >= 11 is 0. The summed E-state index contributed by atoms with van der Waals surface area (Å²) in [6.45, 7) is 5.07. The van der Waals surface area contributed by atoms with Crippen molar-refractivity contribution in [2.24, 2.45) is 5.41 Å². The van der Waals surface area contributed by atoms with Crippen LogP contribution in [0.4, 0.5) is 5.69 Å². The lowest BCUT2D eigenvalue weighted by Crippen LogP contribution is -2.49. The molecule has 184 valence electrons. The van der Waals surface area contributed by atoms with E-state index in [1.54, 1.807) is 0 Å². The van der Waals surface area contributed by atoms with Crippen molar-refractivity contribution < 1.29 is 23.1 Å². The van der Waals surface area contributed by atoms with Crippen LogP contribution in [-0.4, -0.2) is 68.1 Å². The van der Waals surface area contributed by atoms with Gasteiger partial charge in [-0.1, -0.05) is 44.2 Å². The van der Waals surface area contributed by atoms with Gasteiger partial charge in [-0.2, -0.15) is 12.7 Å². The summed E-state index contributed by atoms with van der Waals surface area (Å²) in [4.78, 5) is 16.9. The van der Waals surface area contributed by atoms with Crippen molar-refractivity contribution in [3.63, 3.8) is 0 Å². The summed E-state index contributed by atoms with van der Waals surface area (Å²) in [6, 6.07) is 11.7. The first kappa shape index (κ1) is 24.4. The van der Waals surface area contributed by atoms with Crippen molar-refractivity contribution in [2.75, 3.05) is 43.7 Å². The van der Waals surface area contributed by atoms with Crippen molar-refractivity contribution in [3.05, 3.63) is 53.7 Å². The van der Waals surface area contributed by atoms with E-state index < -0.39 is 15.6 Å². The van der Waals surface area contributed by atoms with Crippen LogP contribution in [0, 0.1) is 5.41 Å². The number of piperidine rings is 1. The molecule has 3 heterocycles. The summed E-state index contributed by atoms with van der Waals surface area (Å²) < 4.78 is 35.5. The highest BCUT2D eigenvalue weighted by molar-refractivity contribution is 7.90. The highest BCUT2D eigenvalue weighted by Gasteiger charge is 2.37. The number of ether oxygens (including phenoxy) is 1. The van der Waals surface area contributed by atoms with E-state index in [-0.39, 0.29) is 49.3 Å². The lowest BCUT2D eigenvalue weighted by Gasteiger charge is -2.37. The maximum atomic E-state index is 13.6. The highest BCUT2D eigenvalue weighted by atomic mass is 32.2. The van der Waals surface area contributed by atoms with Gasteiger partial charge in [0.05, 0.1) is 12.1 Å². The summed E-state index contributed by atoms with van der Waals surface area (Å²) in [5, 5.41) is 12.2. The molecule has 0 bridgehead atoms. The molecular formula is C24H32N4O5S. The van der Waals surface area contributed by atoms with Crippen LogP contribution in [0.15, 0.2) is 42.6 Å². The highest BCUT2D eigenvalue weighted by Crippen LogP contribution is 2.35. The predicted octanol–water partition coefficient (Wildman–Crippen LogP) is 2.15. The summed E-state index contributed by atoms with van der Waals surface area (Å²) in [7, 11) is -3.80. The molecule has 1 aromatic carbocycles. The fourth-order valence-electron chi connectivity index (χ4n) is 4.20. The second kappa shape index (κ2) is 9.89. The molecule has 10 heteroatoms. The topological polar surface area (TPSA) is 112 Å². The SMILES string of the molecule is CC(C)(CO)CNC(=O)c1cnc2c(c1)N(S(=O)(=O)N1CCC(c3ccccc3)CC1)CCO2. The molecule has 1 saturated heterocycles. The Balaban J connectivity index is 1.50. The normalized spacial score (nSPS) is 17.7. The predicted molar refractivity (Wildman–Crippen MR) is 129 cm³/mol. The van der Waals surface area contributed by atoms with Crippen LogP contribution in [0.3, 0.4) is 0 Å². The smallest absolute Gasteiger partial charge is 0.304 e. The molecule has 1 amide bonds. The molecule has 0 atom stereocenters. The molecule has 2 aliphatic rings. The fourth-order valence-corrected chi connectivity index (χ4v) is 5.84. The van der Waals surface area contributed by atoms with E-state index in [0.717, 1.165) is 12.8 Å². The van der Waals surface area contributed by atoms with Gasteiger partial charge in [0.2, 0.25) is 5.88 Å². The zero-order chi connectivity index (χ0) is 24.3. The first-order chi connectivity index (χ1) is 16.2. The monoisotopic (exact) mass is 488 g/mol. The van der Waals surface area contributed by atoms with Crippen molar-refractivity contribution in [1.82, 2.24) is 14.6 Å². The quantitative estimate of drug-likeness (QED) is 0.618. The van der Waals surface area contributed by atoms with Gasteiger partial charge in [0.15, 0.2) is 0 Å². The minimum Gasteiger partial charge on any atom is -0.474 e. The molecule has 0 saturated carbocycles. The Hall–Kier alpha value is -2.69. The molecule has 1 aromatic heterocycles. The largest absolute Gasteiger partial charge is 0.474 e. The van der Waals surface area contributed by atoms with E-state index in [0.29, 0.717) is 19.0 Å². The Morgan fingerprint density at radius 3 is 2.59 bits per heavy atom. The number of hydrogen-bond donors (Lipinski definition) is 2. The molecule has 0 unspecified atom stereocenters. The Kier molecular flexibility index (Phi) is 7.11. The van der Waals surface area contributed by atoms with Crippen LogP contribution >= 0.6 is 0 Å². The average molecular weight is 489 g/mol. The number of anilines is 1. The van der Waals surface area contributed by atoms with Crippen LogP contribution in [-0.2, 0) is 10.2 Å². The van der Waals surface area contributed by atoms with Crippen LogP contribution in [0.5, 0.6) is 5.88 Å². The Morgan fingerprint density at radius 1 is 1.21 bits per heavy atom. The van der Waals surface area contributed by atoms with Crippen LogP contribution in [0.2, 0.25) is 0 Å². The minimum atomic E-state index is -3.80. The Morgan fingerprint density at radius 2 is 1.91 bits per heavy atom. The summed E-state index contributed by atoms with van der Waals surface area (Å²) in [5.74, 6) is 0.148. The third-order valence-corrected chi connectivity index (χ3v) is 8.34. The number of nitrogens with one attached hydrogen (secondary N) is 1. The number of nitrogens with zero attached hydrogens (tertiary/aromatic N) is 3. The molecule has 0 radical (unpaired) electrons. The number of carbonyl (C=O) groups excluding carboxylic acids is 1. The van der Waals surface area contributed by atoms with Gasteiger partial charge in [0.25, 0.3) is 5.91 Å². The average Bonchev–Trinajstić information content (AvgIpc) is 2.87.